The number of nitrogen functional groups attached to an aromatic ring is 2. The van der Waals surface area contributed by atoms with Crippen LogP contribution in [0.2, 0.25) is 0 Å². The second-order valence-corrected chi connectivity index (χ2v) is 4.97. The number of fused-ring (bicyclic) bond motifs is 1. The zero-order valence-electron chi connectivity index (χ0n) is 12.9. The minimum Gasteiger partial charge on any atom is -0.427 e. The molecule has 2 aromatic heterocycles. The van der Waals surface area contributed by atoms with Gasteiger partial charge in [0.05, 0.1) is 18.4 Å². The van der Waals surface area contributed by atoms with Gasteiger partial charge in [0, 0.05) is 12.6 Å². The molecule has 122 valence electrons. The number of carbonyl (C=O) groups is 1. The standard InChI is InChI=1S/C15H15N7O2/c1-8(23)24-11-4-2-9(3-5-11)18-6-10-7-19-14-12(20-10)13(16)21-15(17)22-14/h2-5,7,18H,6H2,1H3,(H4,16,17,19,21,22). The molecule has 0 aliphatic rings. The Bertz CT molecular complexity index is 896. The van der Waals surface area contributed by atoms with Crippen molar-refractivity contribution in [2.45, 2.75) is 13.5 Å². The van der Waals surface area contributed by atoms with Gasteiger partial charge in [0.15, 0.2) is 17.0 Å². The van der Waals surface area contributed by atoms with Gasteiger partial charge < -0.3 is 21.5 Å². The van der Waals surface area contributed by atoms with Gasteiger partial charge >= 0.3 is 5.97 Å². The van der Waals surface area contributed by atoms with E-state index in [1.165, 1.54) is 6.92 Å². The molecular weight excluding hydrogens is 310 g/mol. The lowest BCUT2D eigenvalue weighted by Gasteiger charge is -2.08. The highest BCUT2D eigenvalue weighted by Crippen LogP contribution is 2.18. The lowest BCUT2D eigenvalue weighted by atomic mass is 10.3. The van der Waals surface area contributed by atoms with Gasteiger partial charge in [-0.2, -0.15) is 9.97 Å². The second-order valence-electron chi connectivity index (χ2n) is 4.97. The summed E-state index contributed by atoms with van der Waals surface area (Å²) in [7, 11) is 0. The first-order valence-corrected chi connectivity index (χ1v) is 7.08. The molecule has 3 rings (SSSR count). The van der Waals surface area contributed by atoms with Crippen molar-refractivity contribution >= 4 is 34.6 Å². The van der Waals surface area contributed by atoms with Crippen molar-refractivity contribution in [3.8, 4) is 5.75 Å². The molecule has 0 fully saturated rings. The summed E-state index contributed by atoms with van der Waals surface area (Å²) in [6, 6.07) is 6.99. The molecule has 0 amide bonds. The van der Waals surface area contributed by atoms with Gasteiger partial charge in [-0.15, -0.1) is 0 Å². The summed E-state index contributed by atoms with van der Waals surface area (Å²) in [4.78, 5) is 27.3. The molecule has 24 heavy (non-hydrogen) atoms. The molecular formula is C15H15N7O2. The Morgan fingerprint density at radius 1 is 1.17 bits per heavy atom. The predicted molar refractivity (Wildman–Crippen MR) is 89.0 cm³/mol. The number of carbonyl (C=O) groups excluding carboxylic acids is 1. The second kappa shape index (κ2) is 6.32. The first-order valence-electron chi connectivity index (χ1n) is 7.08. The Balaban J connectivity index is 1.72. The normalized spacial score (nSPS) is 10.5. The van der Waals surface area contributed by atoms with E-state index in [1.54, 1.807) is 30.5 Å². The number of benzene rings is 1. The summed E-state index contributed by atoms with van der Waals surface area (Å²) < 4.78 is 4.98. The zero-order valence-corrected chi connectivity index (χ0v) is 12.9. The molecule has 0 aliphatic carbocycles. The third-order valence-electron chi connectivity index (χ3n) is 3.09. The Labute approximate surface area is 137 Å². The largest absolute Gasteiger partial charge is 0.427 e. The van der Waals surface area contributed by atoms with E-state index >= 15 is 0 Å². The van der Waals surface area contributed by atoms with Crippen molar-refractivity contribution in [2.75, 3.05) is 16.8 Å². The highest BCUT2D eigenvalue weighted by molar-refractivity contribution is 5.81. The minimum absolute atomic E-state index is 0.0630. The number of nitrogens with two attached hydrogens (primary N) is 2. The van der Waals surface area contributed by atoms with Crippen LogP contribution in [0.5, 0.6) is 5.75 Å². The van der Waals surface area contributed by atoms with Crippen molar-refractivity contribution < 1.29 is 9.53 Å². The van der Waals surface area contributed by atoms with Crippen LogP contribution >= 0.6 is 0 Å². The first-order chi connectivity index (χ1) is 11.5. The maximum Gasteiger partial charge on any atom is 0.308 e. The van der Waals surface area contributed by atoms with Crippen LogP contribution < -0.4 is 21.5 Å². The van der Waals surface area contributed by atoms with E-state index in [2.05, 4.69) is 25.3 Å². The fraction of sp³-hybridized carbons (Fsp3) is 0.133. The number of anilines is 3. The number of rotatable bonds is 4. The van der Waals surface area contributed by atoms with Gasteiger partial charge in [-0.25, -0.2) is 9.97 Å². The molecule has 3 aromatic rings. The molecule has 0 unspecified atom stereocenters. The van der Waals surface area contributed by atoms with Gasteiger partial charge in [-0.1, -0.05) is 0 Å². The van der Waals surface area contributed by atoms with Crippen LogP contribution in [0.4, 0.5) is 17.5 Å². The number of nitrogens with zero attached hydrogens (tertiary/aromatic N) is 4. The van der Waals surface area contributed by atoms with Crippen molar-refractivity contribution in [1.29, 1.82) is 0 Å². The summed E-state index contributed by atoms with van der Waals surface area (Å²) in [6.45, 7) is 1.78. The average Bonchev–Trinajstić information content (AvgIpc) is 2.54. The van der Waals surface area contributed by atoms with E-state index < -0.39 is 0 Å². The van der Waals surface area contributed by atoms with Gasteiger partial charge in [-0.05, 0) is 24.3 Å². The Hall–Kier alpha value is -3.49. The molecule has 1 aromatic carbocycles. The third-order valence-corrected chi connectivity index (χ3v) is 3.09. The topological polar surface area (TPSA) is 142 Å². The summed E-state index contributed by atoms with van der Waals surface area (Å²) in [5.74, 6) is 0.384. The van der Waals surface area contributed by atoms with E-state index in [9.17, 15) is 4.79 Å². The molecule has 0 spiro atoms. The van der Waals surface area contributed by atoms with Gasteiger partial charge in [-0.3, -0.25) is 4.79 Å². The number of hydrogen-bond donors (Lipinski definition) is 3. The third kappa shape index (κ3) is 3.46. The lowest BCUT2D eigenvalue weighted by Crippen LogP contribution is -2.07. The predicted octanol–water partition coefficient (Wildman–Crippen LogP) is 1.12. The molecule has 0 saturated heterocycles. The molecule has 0 saturated carbocycles. The van der Waals surface area contributed by atoms with Crippen LogP contribution in [0.3, 0.4) is 0 Å². The zero-order chi connectivity index (χ0) is 17.1. The number of esters is 1. The molecule has 0 radical (unpaired) electrons. The average molecular weight is 325 g/mol. The number of nitrogens with one attached hydrogen (secondary N) is 1. The number of ether oxygens (including phenoxy) is 1. The van der Waals surface area contributed by atoms with Crippen molar-refractivity contribution in [2.24, 2.45) is 0 Å². The van der Waals surface area contributed by atoms with Crippen LogP contribution in [-0.4, -0.2) is 25.9 Å². The highest BCUT2D eigenvalue weighted by atomic mass is 16.5. The van der Waals surface area contributed by atoms with Crippen molar-refractivity contribution in [3.63, 3.8) is 0 Å². The molecule has 5 N–H and O–H groups in total. The molecule has 2 heterocycles. The maximum atomic E-state index is 10.9. The fourth-order valence-corrected chi connectivity index (χ4v) is 2.07. The number of aromatic nitrogens is 4. The molecule has 0 bridgehead atoms. The molecule has 9 nitrogen and oxygen atoms in total. The first kappa shape index (κ1) is 15.4. The molecule has 0 aliphatic heterocycles. The van der Waals surface area contributed by atoms with E-state index in [0.717, 1.165) is 5.69 Å². The summed E-state index contributed by atoms with van der Waals surface area (Å²) in [6.07, 6.45) is 1.59. The summed E-state index contributed by atoms with van der Waals surface area (Å²) in [5.41, 5.74) is 13.6. The lowest BCUT2D eigenvalue weighted by molar-refractivity contribution is -0.131. The fourth-order valence-electron chi connectivity index (χ4n) is 2.07. The van der Waals surface area contributed by atoms with Crippen LogP contribution in [0.25, 0.3) is 11.2 Å². The monoisotopic (exact) mass is 325 g/mol. The Morgan fingerprint density at radius 3 is 2.62 bits per heavy atom. The number of hydrogen-bond acceptors (Lipinski definition) is 9. The summed E-state index contributed by atoms with van der Waals surface area (Å²) >= 11 is 0. The molecule has 0 atom stereocenters. The van der Waals surface area contributed by atoms with Gasteiger partial charge in [0.2, 0.25) is 5.95 Å². The van der Waals surface area contributed by atoms with E-state index in [1.807, 2.05) is 0 Å². The van der Waals surface area contributed by atoms with E-state index in [0.29, 0.717) is 29.2 Å². The van der Waals surface area contributed by atoms with E-state index in [4.69, 9.17) is 16.2 Å². The highest BCUT2D eigenvalue weighted by Gasteiger charge is 2.07. The van der Waals surface area contributed by atoms with Gasteiger partial charge in [0.25, 0.3) is 0 Å². The Kier molecular flexibility index (Phi) is 4.06. The van der Waals surface area contributed by atoms with Crippen molar-refractivity contribution in [3.05, 3.63) is 36.2 Å². The SMILES string of the molecule is CC(=O)Oc1ccc(NCc2cnc3nc(N)nc(N)c3n2)cc1. The maximum absolute atomic E-state index is 10.9. The van der Waals surface area contributed by atoms with E-state index in [-0.39, 0.29) is 17.7 Å². The van der Waals surface area contributed by atoms with Crippen LogP contribution in [-0.2, 0) is 11.3 Å². The Morgan fingerprint density at radius 2 is 1.92 bits per heavy atom. The smallest absolute Gasteiger partial charge is 0.308 e. The minimum atomic E-state index is -0.359. The van der Waals surface area contributed by atoms with Crippen LogP contribution in [0.1, 0.15) is 12.6 Å². The molecule has 9 heteroatoms. The van der Waals surface area contributed by atoms with Crippen LogP contribution in [0, 0.1) is 0 Å². The quantitative estimate of drug-likeness (QED) is 0.475. The summed E-state index contributed by atoms with van der Waals surface area (Å²) in [5, 5.41) is 3.19. The van der Waals surface area contributed by atoms with Crippen LogP contribution in [0.15, 0.2) is 30.5 Å². The van der Waals surface area contributed by atoms with Gasteiger partial charge in [0.1, 0.15) is 5.75 Å². The van der Waals surface area contributed by atoms with Crippen molar-refractivity contribution in [1.82, 2.24) is 19.9 Å².